The fraction of sp³-hybridized carbons (Fsp3) is 0.200. The molecule has 7 heteroatoms. The lowest BCUT2D eigenvalue weighted by Crippen LogP contribution is -2.15. The highest BCUT2D eigenvalue weighted by Crippen LogP contribution is 2.40. The van der Waals surface area contributed by atoms with Crippen LogP contribution in [-0.4, -0.2) is 35.7 Å². The average molecular weight is 369 g/mol. The molecule has 0 fully saturated rings. The van der Waals surface area contributed by atoms with Crippen LogP contribution in [0.15, 0.2) is 42.6 Å². The molecule has 27 heavy (non-hydrogen) atoms. The molecule has 7 nitrogen and oxygen atoms in total. The molecule has 0 unspecified atom stereocenters. The third-order valence-corrected chi connectivity index (χ3v) is 4.27. The Bertz CT molecular complexity index is 1020. The summed E-state index contributed by atoms with van der Waals surface area (Å²) < 4.78 is 17.1. The molecule has 1 aromatic carbocycles. The van der Waals surface area contributed by atoms with Gasteiger partial charge in [0.15, 0.2) is 11.5 Å². The van der Waals surface area contributed by atoms with Gasteiger partial charge in [-0.15, -0.1) is 0 Å². The van der Waals surface area contributed by atoms with Crippen molar-refractivity contribution in [2.24, 2.45) is 0 Å². The third kappa shape index (κ3) is 3.19. The first kappa shape index (κ1) is 18.3. The summed E-state index contributed by atoms with van der Waals surface area (Å²) in [5, 5.41) is 10.5. The Labute approximate surface area is 155 Å². The molecular formula is C20H19NO6. The quantitative estimate of drug-likeness (QED) is 0.549. The highest BCUT2D eigenvalue weighted by Gasteiger charge is 2.25. The van der Waals surface area contributed by atoms with Gasteiger partial charge in [-0.05, 0) is 30.7 Å². The van der Waals surface area contributed by atoms with Crippen molar-refractivity contribution in [3.63, 3.8) is 0 Å². The molecule has 0 aliphatic rings. The van der Waals surface area contributed by atoms with Crippen LogP contribution in [0.5, 0.6) is 17.2 Å². The van der Waals surface area contributed by atoms with Gasteiger partial charge >= 0.3 is 11.9 Å². The van der Waals surface area contributed by atoms with Crippen LogP contribution in [0.4, 0.5) is 0 Å². The molecule has 1 N–H and O–H groups in total. The number of fused-ring (bicyclic) bond motifs is 1. The number of nitrogens with zero attached hydrogens (tertiary/aromatic N) is 1. The Kier molecular flexibility index (Phi) is 5.03. The van der Waals surface area contributed by atoms with E-state index in [1.165, 1.54) is 20.3 Å². The van der Waals surface area contributed by atoms with Crippen LogP contribution in [0.1, 0.15) is 33.3 Å². The van der Waals surface area contributed by atoms with Gasteiger partial charge in [0.05, 0.1) is 14.2 Å². The normalized spacial score (nSPS) is 10.6. The lowest BCUT2D eigenvalue weighted by molar-refractivity contribution is 0.0391. The van der Waals surface area contributed by atoms with Crippen LogP contribution in [-0.2, 0) is 11.2 Å². The number of aromatic hydroxyl groups is 1. The van der Waals surface area contributed by atoms with Gasteiger partial charge in [-0.1, -0.05) is 13.0 Å². The van der Waals surface area contributed by atoms with E-state index in [4.69, 9.17) is 14.2 Å². The summed E-state index contributed by atoms with van der Waals surface area (Å²) in [6.07, 6.45) is 2.09. The van der Waals surface area contributed by atoms with E-state index >= 15 is 0 Å². The molecule has 0 amide bonds. The van der Waals surface area contributed by atoms with Gasteiger partial charge in [0.25, 0.3) is 0 Å². The number of phenols is 1. The molecule has 0 radical (unpaired) electrons. The molecule has 0 saturated carbocycles. The van der Waals surface area contributed by atoms with Gasteiger partial charge in [0, 0.05) is 23.3 Å². The van der Waals surface area contributed by atoms with E-state index in [0.717, 1.165) is 5.52 Å². The maximum atomic E-state index is 12.5. The van der Waals surface area contributed by atoms with E-state index < -0.39 is 11.9 Å². The fourth-order valence-corrected chi connectivity index (χ4v) is 2.96. The first-order valence-electron chi connectivity index (χ1n) is 8.31. The summed E-state index contributed by atoms with van der Waals surface area (Å²) in [6, 6.07) is 10.0. The first-order valence-corrected chi connectivity index (χ1v) is 8.31. The molecule has 0 aliphatic heterocycles. The Hall–Kier alpha value is -3.48. The second kappa shape index (κ2) is 7.41. The Morgan fingerprint density at radius 1 is 1.07 bits per heavy atom. The maximum Gasteiger partial charge on any atom is 0.363 e. The van der Waals surface area contributed by atoms with E-state index in [1.807, 2.05) is 12.1 Å². The predicted octanol–water partition coefficient (Wildman–Crippen LogP) is 3.22. The zero-order valence-electron chi connectivity index (χ0n) is 15.2. The second-order valence-corrected chi connectivity index (χ2v) is 5.73. The van der Waals surface area contributed by atoms with Crippen molar-refractivity contribution < 1.29 is 28.9 Å². The first-order chi connectivity index (χ1) is 13.0. The number of esters is 2. The van der Waals surface area contributed by atoms with Crippen LogP contribution in [0.3, 0.4) is 0 Å². The van der Waals surface area contributed by atoms with Crippen molar-refractivity contribution in [3.05, 3.63) is 59.4 Å². The largest absolute Gasteiger partial charge is 0.507 e. The average Bonchev–Trinajstić information content (AvgIpc) is 3.11. The number of aromatic nitrogens is 1. The number of ether oxygens (including phenoxy) is 3. The Balaban J connectivity index is 1.95. The molecule has 0 bridgehead atoms. The molecule has 3 rings (SSSR count). The molecule has 2 aromatic heterocycles. The zero-order chi connectivity index (χ0) is 19.6. The number of benzene rings is 1. The van der Waals surface area contributed by atoms with Crippen molar-refractivity contribution in [2.75, 3.05) is 14.2 Å². The molecule has 0 aliphatic carbocycles. The molecular weight excluding hydrogens is 350 g/mol. The van der Waals surface area contributed by atoms with Crippen molar-refractivity contribution in [1.29, 1.82) is 0 Å². The summed E-state index contributed by atoms with van der Waals surface area (Å²) >= 11 is 0. The molecule has 2 heterocycles. The van der Waals surface area contributed by atoms with Gasteiger partial charge in [0.1, 0.15) is 17.0 Å². The number of pyridine rings is 1. The smallest absolute Gasteiger partial charge is 0.363 e. The zero-order valence-corrected chi connectivity index (χ0v) is 15.2. The van der Waals surface area contributed by atoms with Crippen molar-refractivity contribution >= 4 is 17.5 Å². The second-order valence-electron chi connectivity index (χ2n) is 5.73. The van der Waals surface area contributed by atoms with E-state index in [-0.39, 0.29) is 22.8 Å². The highest BCUT2D eigenvalue weighted by molar-refractivity contribution is 6.04. The number of carbonyl (C=O) groups is 2. The number of methoxy groups -OCH3 is 2. The standard InChI is InChI=1S/C20H19NO6/c1-4-13-17(22)14(11-16(25-2)18(13)26-3)19(23)27-20(24)15-9-8-12-7-5-6-10-21(12)15/h5-11,22H,4H2,1-3H3. The van der Waals surface area contributed by atoms with Gasteiger partial charge in [-0.2, -0.15) is 0 Å². The minimum absolute atomic E-state index is 0.168. The van der Waals surface area contributed by atoms with Crippen LogP contribution in [0, 0.1) is 0 Å². The SMILES string of the molecule is CCc1c(O)c(C(=O)OC(=O)c2ccc3ccccn23)cc(OC)c1OC. The van der Waals surface area contributed by atoms with Crippen molar-refractivity contribution in [2.45, 2.75) is 13.3 Å². The van der Waals surface area contributed by atoms with E-state index in [0.29, 0.717) is 17.7 Å². The summed E-state index contributed by atoms with van der Waals surface area (Å²) in [4.78, 5) is 25.0. The van der Waals surface area contributed by atoms with Gasteiger partial charge in [-0.3, -0.25) is 0 Å². The number of hydrogen-bond donors (Lipinski definition) is 1. The van der Waals surface area contributed by atoms with Crippen LogP contribution in [0.25, 0.3) is 5.52 Å². The van der Waals surface area contributed by atoms with E-state index in [1.54, 1.807) is 35.7 Å². The summed E-state index contributed by atoms with van der Waals surface area (Å²) in [6.45, 7) is 1.80. The van der Waals surface area contributed by atoms with E-state index in [2.05, 4.69) is 0 Å². The van der Waals surface area contributed by atoms with Crippen LogP contribution >= 0.6 is 0 Å². The molecule has 3 aromatic rings. The number of rotatable bonds is 5. The van der Waals surface area contributed by atoms with Gasteiger partial charge < -0.3 is 23.7 Å². The highest BCUT2D eigenvalue weighted by atomic mass is 16.6. The van der Waals surface area contributed by atoms with Crippen LogP contribution in [0.2, 0.25) is 0 Å². The number of hydrogen-bond acceptors (Lipinski definition) is 6. The number of phenolic OH excluding ortho intramolecular Hbond substituents is 1. The molecule has 0 saturated heterocycles. The van der Waals surface area contributed by atoms with Gasteiger partial charge in [-0.25, -0.2) is 9.59 Å². The lowest BCUT2D eigenvalue weighted by Gasteiger charge is -2.16. The van der Waals surface area contributed by atoms with Gasteiger partial charge in [0.2, 0.25) is 0 Å². The molecule has 0 spiro atoms. The fourth-order valence-electron chi connectivity index (χ4n) is 2.96. The molecule has 0 atom stereocenters. The van der Waals surface area contributed by atoms with Crippen LogP contribution < -0.4 is 9.47 Å². The minimum atomic E-state index is -0.973. The third-order valence-electron chi connectivity index (χ3n) is 4.27. The van der Waals surface area contributed by atoms with Crippen molar-refractivity contribution in [1.82, 2.24) is 4.40 Å². The summed E-state index contributed by atoms with van der Waals surface area (Å²) in [7, 11) is 2.86. The Morgan fingerprint density at radius 2 is 1.85 bits per heavy atom. The summed E-state index contributed by atoms with van der Waals surface area (Å²) in [5.41, 5.74) is 1.22. The number of carbonyl (C=O) groups excluding carboxylic acids is 2. The maximum absolute atomic E-state index is 12.5. The topological polar surface area (TPSA) is 86.5 Å². The van der Waals surface area contributed by atoms with E-state index in [9.17, 15) is 14.7 Å². The predicted molar refractivity (Wildman–Crippen MR) is 97.7 cm³/mol. The lowest BCUT2D eigenvalue weighted by atomic mass is 10.0. The van der Waals surface area contributed by atoms with Crippen molar-refractivity contribution in [3.8, 4) is 17.2 Å². The summed E-state index contributed by atoms with van der Waals surface area (Å²) in [5.74, 6) is -1.50. The monoisotopic (exact) mass is 369 g/mol. The molecule has 140 valence electrons. The Morgan fingerprint density at radius 3 is 2.52 bits per heavy atom. The minimum Gasteiger partial charge on any atom is -0.507 e.